The molecule has 2 aromatic heterocycles. The predicted molar refractivity (Wildman–Crippen MR) is 91.9 cm³/mol. The monoisotopic (exact) mass is 331 g/mol. The number of pyridine rings is 1. The molecule has 0 aliphatic rings. The zero-order valence-electron chi connectivity index (χ0n) is 15.2. The molecule has 130 valence electrons. The van der Waals surface area contributed by atoms with Gasteiger partial charge in [-0.1, -0.05) is 33.8 Å². The predicted octanol–water partition coefficient (Wildman–Crippen LogP) is 3.71. The third-order valence-electron chi connectivity index (χ3n) is 3.65. The van der Waals surface area contributed by atoms with Crippen molar-refractivity contribution in [1.29, 1.82) is 0 Å². The quantitative estimate of drug-likeness (QED) is 0.770. The first-order chi connectivity index (χ1) is 11.5. The molecule has 2 rings (SSSR count). The number of methoxy groups -OCH3 is 2. The summed E-state index contributed by atoms with van der Waals surface area (Å²) in [5.41, 5.74) is 1.90. The van der Waals surface area contributed by atoms with Crippen molar-refractivity contribution in [1.82, 2.24) is 15.0 Å². The lowest BCUT2D eigenvalue weighted by Crippen LogP contribution is -2.10. The Kier molecular flexibility index (Phi) is 5.95. The molecule has 2 aromatic rings. The summed E-state index contributed by atoms with van der Waals surface area (Å²) < 4.78 is 16.6. The highest BCUT2D eigenvalue weighted by atomic mass is 16.5. The molecule has 0 radical (unpaired) electrons. The van der Waals surface area contributed by atoms with E-state index in [1.54, 1.807) is 20.4 Å². The van der Waals surface area contributed by atoms with E-state index in [0.717, 1.165) is 11.1 Å². The third kappa shape index (κ3) is 3.93. The lowest BCUT2D eigenvalue weighted by Gasteiger charge is -2.16. The third-order valence-corrected chi connectivity index (χ3v) is 3.65. The van der Waals surface area contributed by atoms with Crippen LogP contribution in [0.1, 0.15) is 56.5 Å². The fraction of sp³-hybridized carbons (Fsp3) is 0.500. The van der Waals surface area contributed by atoms with Crippen molar-refractivity contribution in [3.8, 4) is 17.6 Å². The Morgan fingerprint density at radius 3 is 2.04 bits per heavy atom. The van der Waals surface area contributed by atoms with Gasteiger partial charge in [-0.25, -0.2) is 4.98 Å². The first-order valence-electron chi connectivity index (χ1n) is 8.04. The van der Waals surface area contributed by atoms with E-state index in [-0.39, 0.29) is 12.5 Å². The Labute approximate surface area is 143 Å². The lowest BCUT2D eigenvalue weighted by atomic mass is 10.1. The summed E-state index contributed by atoms with van der Waals surface area (Å²) in [4.78, 5) is 13.2. The van der Waals surface area contributed by atoms with Gasteiger partial charge in [0, 0.05) is 11.8 Å². The van der Waals surface area contributed by atoms with Gasteiger partial charge in [0.15, 0.2) is 5.82 Å². The van der Waals surface area contributed by atoms with Gasteiger partial charge >= 0.3 is 0 Å². The number of rotatable bonds is 7. The summed E-state index contributed by atoms with van der Waals surface area (Å²) in [6.07, 6.45) is 1.71. The maximum Gasteiger partial charge on any atom is 0.223 e. The number of nitrogens with zero attached hydrogens (tertiary/aromatic N) is 3. The molecule has 0 bridgehead atoms. The molecule has 24 heavy (non-hydrogen) atoms. The van der Waals surface area contributed by atoms with Crippen molar-refractivity contribution in [2.24, 2.45) is 0 Å². The molecular weight excluding hydrogens is 306 g/mol. The number of hydrogen-bond acceptors (Lipinski definition) is 6. The molecule has 2 heterocycles. The zero-order chi connectivity index (χ0) is 17.7. The highest BCUT2D eigenvalue weighted by molar-refractivity contribution is 5.38. The molecule has 0 saturated carbocycles. The van der Waals surface area contributed by atoms with Gasteiger partial charge in [-0.05, 0) is 17.9 Å². The molecule has 0 aliphatic carbocycles. The second-order valence-electron chi connectivity index (χ2n) is 6.07. The van der Waals surface area contributed by atoms with Crippen molar-refractivity contribution in [3.05, 3.63) is 35.3 Å². The number of ether oxygens (including phenoxy) is 3. The normalized spacial score (nSPS) is 11.0. The Hall–Kier alpha value is -2.37. The molecule has 0 N–H and O–H groups in total. The summed E-state index contributed by atoms with van der Waals surface area (Å²) in [6, 6.07) is 3.92. The van der Waals surface area contributed by atoms with Gasteiger partial charge in [-0.3, -0.25) is 0 Å². The SMILES string of the molecule is COc1nc(COc2ncccc2C(C)C)nc(OC)c1C(C)C. The maximum absolute atomic E-state index is 5.84. The summed E-state index contributed by atoms with van der Waals surface area (Å²) in [6.45, 7) is 8.49. The average molecular weight is 331 g/mol. The van der Waals surface area contributed by atoms with E-state index < -0.39 is 0 Å². The molecule has 0 unspecified atom stereocenters. The molecular formula is C18H25N3O3. The van der Waals surface area contributed by atoms with Crippen LogP contribution in [0, 0.1) is 0 Å². The summed E-state index contributed by atoms with van der Waals surface area (Å²) in [5.74, 6) is 2.63. The van der Waals surface area contributed by atoms with E-state index in [9.17, 15) is 0 Å². The molecule has 0 aliphatic heterocycles. The van der Waals surface area contributed by atoms with E-state index in [1.165, 1.54) is 0 Å². The van der Waals surface area contributed by atoms with Gasteiger partial charge < -0.3 is 14.2 Å². The summed E-state index contributed by atoms with van der Waals surface area (Å²) in [5, 5.41) is 0. The van der Waals surface area contributed by atoms with E-state index in [2.05, 4.69) is 28.8 Å². The molecule has 0 fully saturated rings. The fourth-order valence-corrected chi connectivity index (χ4v) is 2.44. The van der Waals surface area contributed by atoms with Crippen LogP contribution in [0.25, 0.3) is 0 Å². The van der Waals surface area contributed by atoms with Crippen LogP contribution >= 0.6 is 0 Å². The highest BCUT2D eigenvalue weighted by Gasteiger charge is 2.19. The van der Waals surface area contributed by atoms with E-state index in [1.807, 2.05) is 26.0 Å². The van der Waals surface area contributed by atoms with Gasteiger partial charge in [0.2, 0.25) is 17.6 Å². The second kappa shape index (κ2) is 7.95. The van der Waals surface area contributed by atoms with Crippen LogP contribution in [-0.4, -0.2) is 29.2 Å². The molecule has 0 spiro atoms. The van der Waals surface area contributed by atoms with E-state index >= 15 is 0 Å². The smallest absolute Gasteiger partial charge is 0.223 e. The van der Waals surface area contributed by atoms with Gasteiger partial charge in [0.25, 0.3) is 0 Å². The standard InChI is InChI=1S/C18H25N3O3/c1-11(2)13-8-7-9-19-16(13)24-10-14-20-17(22-5)15(12(3)4)18(21-14)23-6/h7-9,11-12H,10H2,1-6H3. The van der Waals surface area contributed by atoms with Crippen LogP contribution < -0.4 is 14.2 Å². The lowest BCUT2D eigenvalue weighted by molar-refractivity contribution is 0.271. The Morgan fingerprint density at radius 2 is 1.54 bits per heavy atom. The zero-order valence-corrected chi connectivity index (χ0v) is 15.2. The second-order valence-corrected chi connectivity index (χ2v) is 6.07. The fourth-order valence-electron chi connectivity index (χ4n) is 2.44. The molecule has 6 nitrogen and oxygen atoms in total. The highest BCUT2D eigenvalue weighted by Crippen LogP contribution is 2.32. The average Bonchev–Trinajstić information content (AvgIpc) is 2.58. The van der Waals surface area contributed by atoms with Gasteiger partial charge in [-0.15, -0.1) is 0 Å². The first kappa shape index (κ1) is 18.0. The first-order valence-corrected chi connectivity index (χ1v) is 8.04. The van der Waals surface area contributed by atoms with Gasteiger partial charge in [0.05, 0.1) is 19.8 Å². The van der Waals surface area contributed by atoms with Crippen LogP contribution in [0.15, 0.2) is 18.3 Å². The van der Waals surface area contributed by atoms with E-state index in [4.69, 9.17) is 14.2 Å². The largest absolute Gasteiger partial charge is 0.481 e. The minimum atomic E-state index is 0.188. The molecule has 0 aromatic carbocycles. The van der Waals surface area contributed by atoms with Crippen molar-refractivity contribution in [2.45, 2.75) is 46.1 Å². The maximum atomic E-state index is 5.84. The van der Waals surface area contributed by atoms with Crippen molar-refractivity contribution >= 4 is 0 Å². The van der Waals surface area contributed by atoms with Crippen LogP contribution in [0.2, 0.25) is 0 Å². The van der Waals surface area contributed by atoms with Crippen LogP contribution in [-0.2, 0) is 6.61 Å². The van der Waals surface area contributed by atoms with Crippen molar-refractivity contribution in [2.75, 3.05) is 14.2 Å². The van der Waals surface area contributed by atoms with Crippen molar-refractivity contribution < 1.29 is 14.2 Å². The summed E-state index contributed by atoms with van der Waals surface area (Å²) >= 11 is 0. The number of aromatic nitrogens is 3. The molecule has 0 amide bonds. The van der Waals surface area contributed by atoms with E-state index in [0.29, 0.717) is 29.4 Å². The number of hydrogen-bond donors (Lipinski definition) is 0. The minimum absolute atomic E-state index is 0.188. The molecule has 6 heteroatoms. The minimum Gasteiger partial charge on any atom is -0.481 e. The topological polar surface area (TPSA) is 66.4 Å². The van der Waals surface area contributed by atoms with Gasteiger partial charge in [0.1, 0.15) is 6.61 Å². The summed E-state index contributed by atoms with van der Waals surface area (Å²) in [7, 11) is 3.18. The van der Waals surface area contributed by atoms with Crippen molar-refractivity contribution in [3.63, 3.8) is 0 Å². The Morgan fingerprint density at radius 1 is 0.917 bits per heavy atom. The van der Waals surface area contributed by atoms with Crippen LogP contribution in [0.4, 0.5) is 0 Å². The molecule has 0 atom stereocenters. The van der Waals surface area contributed by atoms with Crippen LogP contribution in [0.5, 0.6) is 17.6 Å². The van der Waals surface area contributed by atoms with Gasteiger partial charge in [-0.2, -0.15) is 9.97 Å². The Bertz CT molecular complexity index is 662. The Balaban J connectivity index is 2.28. The van der Waals surface area contributed by atoms with Crippen LogP contribution in [0.3, 0.4) is 0 Å². The molecule has 0 saturated heterocycles.